The SMILES string of the molecule is CC1=C(C)[C@@]2(C)[C@]1(C)[C@@]1(C)N=NN(c3ccccc3)[C@@]12C. The van der Waals surface area contributed by atoms with Crippen molar-refractivity contribution in [3.05, 3.63) is 41.5 Å². The second kappa shape index (κ2) is 3.23. The molecule has 0 N–H and O–H groups in total. The largest absolute Gasteiger partial charge is 0.238 e. The molecule has 21 heavy (non-hydrogen) atoms. The predicted molar refractivity (Wildman–Crippen MR) is 85.2 cm³/mol. The van der Waals surface area contributed by atoms with Crippen molar-refractivity contribution < 1.29 is 0 Å². The van der Waals surface area contributed by atoms with E-state index < -0.39 is 0 Å². The van der Waals surface area contributed by atoms with Crippen LogP contribution in [-0.4, -0.2) is 11.1 Å². The highest BCUT2D eigenvalue weighted by atomic mass is 15.7. The van der Waals surface area contributed by atoms with E-state index in [1.807, 2.05) is 6.07 Å². The summed E-state index contributed by atoms with van der Waals surface area (Å²) in [7, 11) is 0. The Kier molecular flexibility index (Phi) is 2.01. The number of hydrogen-bond acceptors (Lipinski definition) is 3. The molecule has 1 fully saturated rings. The Morgan fingerprint density at radius 3 is 2.05 bits per heavy atom. The van der Waals surface area contributed by atoms with Crippen molar-refractivity contribution in [3.8, 4) is 0 Å². The molecule has 3 aliphatic rings. The van der Waals surface area contributed by atoms with E-state index in [0.29, 0.717) is 0 Å². The normalized spacial score (nSPS) is 46.9. The first kappa shape index (κ1) is 13.1. The van der Waals surface area contributed by atoms with E-state index in [0.717, 1.165) is 5.69 Å². The summed E-state index contributed by atoms with van der Waals surface area (Å²) in [5.74, 6) is 0. The van der Waals surface area contributed by atoms with Gasteiger partial charge in [-0.1, -0.05) is 48.4 Å². The van der Waals surface area contributed by atoms with E-state index in [1.165, 1.54) is 11.1 Å². The van der Waals surface area contributed by atoms with Crippen LogP contribution in [0.2, 0.25) is 0 Å². The Morgan fingerprint density at radius 1 is 0.857 bits per heavy atom. The van der Waals surface area contributed by atoms with Gasteiger partial charge >= 0.3 is 0 Å². The van der Waals surface area contributed by atoms with Crippen molar-refractivity contribution in [3.63, 3.8) is 0 Å². The van der Waals surface area contributed by atoms with Crippen molar-refractivity contribution in [2.75, 3.05) is 5.01 Å². The fourth-order valence-corrected chi connectivity index (χ4v) is 5.77. The fourth-order valence-electron chi connectivity index (χ4n) is 5.77. The second-order valence-corrected chi connectivity index (χ2v) is 7.48. The highest BCUT2D eigenvalue weighted by Crippen LogP contribution is 2.84. The number of benzene rings is 1. The second-order valence-electron chi connectivity index (χ2n) is 7.48. The number of hydrogen-bond donors (Lipinski definition) is 0. The van der Waals surface area contributed by atoms with Crippen molar-refractivity contribution in [1.29, 1.82) is 0 Å². The van der Waals surface area contributed by atoms with Gasteiger partial charge in [-0.25, -0.2) is 5.01 Å². The Morgan fingerprint density at radius 2 is 1.43 bits per heavy atom. The van der Waals surface area contributed by atoms with Gasteiger partial charge in [0, 0.05) is 10.8 Å². The monoisotopic (exact) mass is 281 g/mol. The molecule has 0 amide bonds. The zero-order valence-electron chi connectivity index (χ0n) is 13.7. The number of nitrogens with zero attached hydrogens (tertiary/aromatic N) is 3. The van der Waals surface area contributed by atoms with Gasteiger partial charge in [0.05, 0.1) is 11.2 Å². The highest BCUT2D eigenvalue weighted by Gasteiger charge is 2.89. The summed E-state index contributed by atoms with van der Waals surface area (Å²) in [6, 6.07) is 10.4. The van der Waals surface area contributed by atoms with Crippen LogP contribution < -0.4 is 5.01 Å². The van der Waals surface area contributed by atoms with Gasteiger partial charge in [-0.3, -0.25) is 0 Å². The number of fused-ring (bicyclic) bond motifs is 4. The Hall–Kier alpha value is -1.64. The minimum atomic E-state index is -0.159. The molecule has 0 saturated heterocycles. The molecule has 1 aromatic carbocycles. The third kappa shape index (κ3) is 0.889. The topological polar surface area (TPSA) is 28.0 Å². The maximum Gasteiger partial charge on any atom is 0.117 e. The summed E-state index contributed by atoms with van der Waals surface area (Å²) in [5, 5.41) is 11.5. The summed E-state index contributed by atoms with van der Waals surface area (Å²) in [5.41, 5.74) is 4.13. The van der Waals surface area contributed by atoms with Crippen LogP contribution in [-0.2, 0) is 0 Å². The molecule has 1 aliphatic heterocycles. The fraction of sp³-hybridized carbons (Fsp3) is 0.556. The van der Waals surface area contributed by atoms with Gasteiger partial charge < -0.3 is 0 Å². The molecule has 0 unspecified atom stereocenters. The van der Waals surface area contributed by atoms with E-state index in [9.17, 15) is 0 Å². The van der Waals surface area contributed by atoms with Crippen LogP contribution in [0, 0.1) is 10.8 Å². The summed E-state index contributed by atoms with van der Waals surface area (Å²) in [4.78, 5) is 0. The minimum Gasteiger partial charge on any atom is -0.238 e. The summed E-state index contributed by atoms with van der Waals surface area (Å²) in [6.07, 6.45) is 0. The molecule has 4 atom stereocenters. The van der Waals surface area contributed by atoms with Crippen molar-refractivity contribution in [2.45, 2.75) is 52.6 Å². The van der Waals surface area contributed by atoms with Crippen molar-refractivity contribution in [1.82, 2.24) is 0 Å². The van der Waals surface area contributed by atoms with E-state index >= 15 is 0 Å². The zero-order chi connectivity index (χ0) is 15.3. The minimum absolute atomic E-state index is 0.0975. The lowest BCUT2D eigenvalue weighted by molar-refractivity contribution is -0.180. The Labute approximate surface area is 126 Å². The van der Waals surface area contributed by atoms with E-state index in [4.69, 9.17) is 5.11 Å². The summed E-state index contributed by atoms with van der Waals surface area (Å²) in [6.45, 7) is 13.9. The molecule has 1 saturated carbocycles. The average molecular weight is 281 g/mol. The first-order valence-corrected chi connectivity index (χ1v) is 7.73. The predicted octanol–water partition coefficient (Wildman–Crippen LogP) is 4.77. The molecule has 0 bridgehead atoms. The van der Waals surface area contributed by atoms with Gasteiger partial charge in [0.25, 0.3) is 0 Å². The summed E-state index contributed by atoms with van der Waals surface area (Å²) < 4.78 is 0. The molecule has 110 valence electrons. The quantitative estimate of drug-likeness (QED) is 0.682. The van der Waals surface area contributed by atoms with Crippen LogP contribution in [0.5, 0.6) is 0 Å². The van der Waals surface area contributed by atoms with Crippen LogP contribution in [0.4, 0.5) is 5.69 Å². The van der Waals surface area contributed by atoms with Gasteiger partial charge in [0.1, 0.15) is 5.54 Å². The number of anilines is 1. The maximum atomic E-state index is 4.77. The Balaban J connectivity index is 1.92. The average Bonchev–Trinajstić information content (AvgIpc) is 2.77. The molecule has 3 heteroatoms. The lowest BCUT2D eigenvalue weighted by Crippen LogP contribution is -2.89. The third-order valence-electron chi connectivity index (χ3n) is 7.72. The first-order valence-electron chi connectivity index (χ1n) is 7.73. The van der Waals surface area contributed by atoms with Gasteiger partial charge in [-0.15, -0.1) is 0 Å². The lowest BCUT2D eigenvalue weighted by atomic mass is 9.23. The highest BCUT2D eigenvalue weighted by molar-refractivity contribution is 5.66. The molecule has 0 spiro atoms. The van der Waals surface area contributed by atoms with Crippen LogP contribution in [0.1, 0.15) is 41.5 Å². The smallest absolute Gasteiger partial charge is 0.117 e. The molecule has 2 aliphatic carbocycles. The van der Waals surface area contributed by atoms with Gasteiger partial charge in [0.2, 0.25) is 0 Å². The summed E-state index contributed by atoms with van der Waals surface area (Å²) >= 11 is 0. The third-order valence-corrected chi connectivity index (χ3v) is 7.72. The first-order chi connectivity index (χ1) is 9.77. The maximum absolute atomic E-state index is 4.77. The Bertz CT molecular complexity index is 706. The number of rotatable bonds is 1. The van der Waals surface area contributed by atoms with Crippen molar-refractivity contribution in [2.24, 2.45) is 21.2 Å². The molecule has 1 aromatic rings. The van der Waals surface area contributed by atoms with Crippen molar-refractivity contribution >= 4 is 5.69 Å². The van der Waals surface area contributed by atoms with Crippen LogP contribution in [0.15, 0.2) is 51.8 Å². The van der Waals surface area contributed by atoms with Gasteiger partial charge in [0.15, 0.2) is 0 Å². The van der Waals surface area contributed by atoms with Gasteiger partial charge in [-0.2, -0.15) is 5.11 Å². The van der Waals surface area contributed by atoms with Gasteiger partial charge in [-0.05, 0) is 39.8 Å². The zero-order valence-corrected chi connectivity index (χ0v) is 13.7. The standard InChI is InChI=1S/C18H23N3/c1-12-13(2)16(4)15(12,3)17(5)18(16,6)21(20-19-17)14-10-8-7-9-11-14/h7-11H,1-6H3/t15-,16+,17-,18-/m1/s1. The van der Waals surface area contributed by atoms with E-state index in [-0.39, 0.29) is 21.9 Å². The molecule has 0 radical (unpaired) electrons. The lowest BCUT2D eigenvalue weighted by Gasteiger charge is -2.81. The molecular formula is C18H23N3. The molecule has 4 rings (SSSR count). The molecule has 3 nitrogen and oxygen atoms in total. The molecule has 0 aromatic heterocycles. The van der Waals surface area contributed by atoms with Crippen LogP contribution in [0.3, 0.4) is 0 Å². The van der Waals surface area contributed by atoms with Crippen LogP contribution in [0.25, 0.3) is 0 Å². The number of para-hydroxylation sites is 1. The van der Waals surface area contributed by atoms with Crippen LogP contribution >= 0.6 is 0 Å². The molecular weight excluding hydrogens is 258 g/mol. The van der Waals surface area contributed by atoms with E-state index in [2.05, 4.69) is 76.0 Å². The van der Waals surface area contributed by atoms with E-state index in [1.54, 1.807) is 0 Å². The molecule has 1 heterocycles.